The van der Waals surface area contributed by atoms with Crippen molar-refractivity contribution in [1.29, 1.82) is 0 Å². The number of pyridine rings is 1. The summed E-state index contributed by atoms with van der Waals surface area (Å²) in [5.74, 6) is 0.0294. The maximum absolute atomic E-state index is 11.8. The van der Waals surface area contributed by atoms with Crippen LogP contribution in [-0.2, 0) is 4.79 Å². The summed E-state index contributed by atoms with van der Waals surface area (Å²) in [5.41, 5.74) is 1.89. The Morgan fingerprint density at radius 1 is 1.44 bits per heavy atom. The normalized spacial score (nSPS) is 10.3. The average molecular weight is 250 g/mol. The zero-order valence-electron chi connectivity index (χ0n) is 11.5. The zero-order valence-corrected chi connectivity index (χ0v) is 11.5. The topological polar surface area (TPSA) is 57.3 Å². The Kier molecular flexibility index (Phi) is 5.42. The van der Waals surface area contributed by atoms with Gasteiger partial charge in [-0.3, -0.25) is 9.78 Å². The highest BCUT2D eigenvalue weighted by Crippen LogP contribution is 2.16. The first-order valence-corrected chi connectivity index (χ1v) is 6.24. The number of hydrogen-bond acceptors (Lipinski definition) is 4. The second-order valence-corrected chi connectivity index (χ2v) is 4.42. The molecule has 100 valence electrons. The lowest BCUT2D eigenvalue weighted by molar-refractivity contribution is -0.120. The summed E-state index contributed by atoms with van der Waals surface area (Å²) < 4.78 is 0. The molecule has 0 spiro atoms. The van der Waals surface area contributed by atoms with Gasteiger partial charge in [-0.25, -0.2) is 0 Å². The highest BCUT2D eigenvalue weighted by molar-refractivity contribution is 5.81. The Hall–Kier alpha value is -1.78. The molecule has 0 aromatic carbocycles. The number of nitrogens with zero attached hydrogens (tertiary/aromatic N) is 2. The highest BCUT2D eigenvalue weighted by Gasteiger charge is 2.11. The summed E-state index contributed by atoms with van der Waals surface area (Å²) >= 11 is 0. The van der Waals surface area contributed by atoms with Gasteiger partial charge in [0.05, 0.1) is 30.3 Å². The van der Waals surface area contributed by atoms with Crippen molar-refractivity contribution in [3.8, 4) is 0 Å². The number of aromatic nitrogens is 1. The molecule has 0 bridgehead atoms. The van der Waals surface area contributed by atoms with Gasteiger partial charge in [-0.05, 0) is 26.8 Å². The van der Waals surface area contributed by atoms with Crippen molar-refractivity contribution in [2.45, 2.75) is 26.8 Å². The van der Waals surface area contributed by atoms with Crippen molar-refractivity contribution < 1.29 is 4.79 Å². The van der Waals surface area contributed by atoms with Gasteiger partial charge < -0.3 is 15.5 Å². The number of hydrogen-bond donors (Lipinski definition) is 2. The van der Waals surface area contributed by atoms with Crippen LogP contribution in [0.15, 0.2) is 18.5 Å². The number of likely N-dealkylation sites (N-methyl/N-ethyl adjacent to an activating group) is 1. The molecule has 1 amide bonds. The van der Waals surface area contributed by atoms with Crippen LogP contribution in [-0.4, -0.2) is 37.1 Å². The van der Waals surface area contributed by atoms with Gasteiger partial charge in [0.1, 0.15) is 0 Å². The van der Waals surface area contributed by atoms with Crippen LogP contribution in [0.25, 0.3) is 0 Å². The minimum atomic E-state index is 0.0294. The Labute approximate surface area is 109 Å². The minimum absolute atomic E-state index is 0.0294. The molecular formula is C13H22N4O. The first-order valence-electron chi connectivity index (χ1n) is 6.24. The molecular weight excluding hydrogens is 228 g/mol. The summed E-state index contributed by atoms with van der Waals surface area (Å²) in [5, 5.41) is 5.93. The molecule has 0 unspecified atom stereocenters. The maximum Gasteiger partial charge on any atom is 0.239 e. The minimum Gasteiger partial charge on any atom is -0.387 e. The van der Waals surface area contributed by atoms with Crippen molar-refractivity contribution in [2.75, 3.05) is 30.4 Å². The maximum atomic E-state index is 11.8. The van der Waals surface area contributed by atoms with Gasteiger partial charge in [-0.2, -0.15) is 0 Å². The number of anilines is 2. The van der Waals surface area contributed by atoms with Crippen LogP contribution in [0.5, 0.6) is 0 Å². The van der Waals surface area contributed by atoms with E-state index in [0.717, 1.165) is 17.9 Å². The Morgan fingerprint density at radius 3 is 2.72 bits per heavy atom. The number of nitrogens with one attached hydrogen (secondary N) is 2. The monoisotopic (exact) mass is 250 g/mol. The summed E-state index contributed by atoms with van der Waals surface area (Å²) in [4.78, 5) is 17.9. The van der Waals surface area contributed by atoms with Crippen molar-refractivity contribution in [3.05, 3.63) is 18.5 Å². The van der Waals surface area contributed by atoms with Crippen molar-refractivity contribution in [3.63, 3.8) is 0 Å². The molecule has 0 atom stereocenters. The van der Waals surface area contributed by atoms with E-state index in [1.165, 1.54) is 0 Å². The summed E-state index contributed by atoms with van der Waals surface area (Å²) in [6.45, 7) is 7.05. The van der Waals surface area contributed by atoms with E-state index in [1.54, 1.807) is 12.4 Å². The Morgan fingerprint density at radius 2 is 2.17 bits per heavy atom. The lowest BCUT2D eigenvalue weighted by Crippen LogP contribution is -2.40. The van der Waals surface area contributed by atoms with E-state index in [9.17, 15) is 4.79 Å². The van der Waals surface area contributed by atoms with Gasteiger partial charge in [0.2, 0.25) is 5.91 Å². The summed E-state index contributed by atoms with van der Waals surface area (Å²) in [6, 6.07) is 2.15. The predicted molar refractivity (Wildman–Crippen MR) is 74.9 cm³/mol. The molecule has 0 aliphatic heterocycles. The highest BCUT2D eigenvalue weighted by atomic mass is 16.2. The van der Waals surface area contributed by atoms with Gasteiger partial charge in [-0.1, -0.05) is 0 Å². The molecule has 1 aromatic rings. The third-order valence-electron chi connectivity index (χ3n) is 2.54. The molecule has 0 aliphatic rings. The quantitative estimate of drug-likeness (QED) is 0.803. The molecule has 0 fully saturated rings. The van der Waals surface area contributed by atoms with Crippen LogP contribution < -0.4 is 15.5 Å². The van der Waals surface area contributed by atoms with E-state index >= 15 is 0 Å². The Balaban J connectivity index is 2.73. The van der Waals surface area contributed by atoms with Crippen molar-refractivity contribution >= 4 is 17.3 Å². The smallest absolute Gasteiger partial charge is 0.239 e. The molecule has 5 nitrogen and oxygen atoms in total. The molecule has 2 N–H and O–H groups in total. The second-order valence-electron chi connectivity index (χ2n) is 4.42. The third-order valence-corrected chi connectivity index (χ3v) is 2.54. The molecule has 18 heavy (non-hydrogen) atoms. The number of rotatable bonds is 6. The van der Waals surface area contributed by atoms with E-state index in [-0.39, 0.29) is 11.9 Å². The molecule has 0 aliphatic carbocycles. The van der Waals surface area contributed by atoms with Gasteiger partial charge in [-0.15, -0.1) is 0 Å². The van der Waals surface area contributed by atoms with Crippen molar-refractivity contribution in [1.82, 2.24) is 10.3 Å². The van der Waals surface area contributed by atoms with Crippen LogP contribution in [0.4, 0.5) is 11.4 Å². The van der Waals surface area contributed by atoms with Crippen LogP contribution in [0.3, 0.4) is 0 Å². The van der Waals surface area contributed by atoms with E-state index in [4.69, 9.17) is 0 Å². The molecule has 0 radical (unpaired) electrons. The van der Waals surface area contributed by atoms with E-state index in [0.29, 0.717) is 6.54 Å². The zero-order chi connectivity index (χ0) is 13.5. The molecule has 0 saturated heterocycles. The lowest BCUT2D eigenvalue weighted by atomic mass is 10.3. The molecule has 0 saturated carbocycles. The predicted octanol–water partition coefficient (Wildman–Crippen LogP) is 1.47. The van der Waals surface area contributed by atoms with Gasteiger partial charge >= 0.3 is 0 Å². The van der Waals surface area contributed by atoms with E-state index in [2.05, 4.69) is 15.6 Å². The fraction of sp³-hybridized carbons (Fsp3) is 0.538. The molecule has 5 heteroatoms. The van der Waals surface area contributed by atoms with Crippen LogP contribution in [0.1, 0.15) is 20.8 Å². The van der Waals surface area contributed by atoms with Gasteiger partial charge in [0, 0.05) is 19.6 Å². The van der Waals surface area contributed by atoms with Crippen LogP contribution in [0, 0.1) is 0 Å². The van der Waals surface area contributed by atoms with E-state index in [1.807, 2.05) is 38.8 Å². The summed E-state index contributed by atoms with van der Waals surface area (Å²) in [7, 11) is 1.85. The second kappa shape index (κ2) is 6.83. The number of carbonyl (C=O) groups is 1. The first-order chi connectivity index (χ1) is 8.56. The number of carbonyl (C=O) groups excluding carboxylic acids is 1. The SMILES string of the molecule is CCN(CC(=O)NC(C)C)c1cncc(NC)c1. The fourth-order valence-electron chi connectivity index (χ4n) is 1.66. The van der Waals surface area contributed by atoms with Gasteiger partial charge in [0.25, 0.3) is 0 Å². The summed E-state index contributed by atoms with van der Waals surface area (Å²) in [6.07, 6.45) is 3.53. The molecule has 1 rings (SSSR count). The largest absolute Gasteiger partial charge is 0.387 e. The Bertz CT molecular complexity index is 392. The van der Waals surface area contributed by atoms with Crippen LogP contribution in [0.2, 0.25) is 0 Å². The van der Waals surface area contributed by atoms with Gasteiger partial charge in [0.15, 0.2) is 0 Å². The van der Waals surface area contributed by atoms with Crippen molar-refractivity contribution in [2.24, 2.45) is 0 Å². The molecule has 1 aromatic heterocycles. The molecule has 1 heterocycles. The fourth-order valence-corrected chi connectivity index (χ4v) is 1.66. The first kappa shape index (κ1) is 14.3. The number of amides is 1. The standard InChI is InChI=1S/C13H22N4O/c1-5-17(9-13(18)16-10(2)3)12-6-11(14-4)7-15-8-12/h6-8,10,14H,5,9H2,1-4H3,(H,16,18). The lowest BCUT2D eigenvalue weighted by Gasteiger charge is -2.23. The average Bonchev–Trinajstić information content (AvgIpc) is 2.35. The van der Waals surface area contributed by atoms with E-state index < -0.39 is 0 Å². The third kappa shape index (κ3) is 4.24. The van der Waals surface area contributed by atoms with Crippen LogP contribution >= 0.6 is 0 Å².